The number of carbonyl (C=O) groups excluding carboxylic acids is 2. The molecule has 10 heteroatoms. The van der Waals surface area contributed by atoms with Crippen LogP contribution in [0.1, 0.15) is 41.5 Å². The Morgan fingerprint density at radius 2 is 1.62 bits per heavy atom. The van der Waals surface area contributed by atoms with E-state index in [1.54, 1.807) is 52.8 Å². The van der Waals surface area contributed by atoms with E-state index in [1.165, 1.54) is 0 Å². The lowest BCUT2D eigenvalue weighted by atomic mass is 10.1. The Morgan fingerprint density at radius 1 is 0.974 bits per heavy atom. The smallest absolute Gasteiger partial charge is 0.345 e. The minimum atomic E-state index is -0.657. The molecule has 0 atom stereocenters. The van der Waals surface area contributed by atoms with Gasteiger partial charge in [0.05, 0.1) is 17.8 Å². The first kappa shape index (κ1) is 30.5. The van der Waals surface area contributed by atoms with Crippen LogP contribution in [0.15, 0.2) is 47.3 Å². The van der Waals surface area contributed by atoms with E-state index in [2.05, 4.69) is 4.90 Å². The van der Waals surface area contributed by atoms with Crippen LogP contribution in [0.4, 0.5) is 5.69 Å². The zero-order valence-electron chi connectivity index (χ0n) is 21.9. The molecule has 2 aromatic carbocycles. The molecule has 1 fully saturated rings. The molecule has 0 radical (unpaired) electrons. The van der Waals surface area contributed by atoms with Crippen molar-refractivity contribution < 1.29 is 14.3 Å². The molecule has 1 aromatic heterocycles. The SMILES string of the molecule is C.CCOC(=O)c1c(N2CCN(C(=O)c3ccc(Cl)cc3)CC2)c2cc(Cl)ccc2n(CCCN(C)C)c1=O. The summed E-state index contributed by atoms with van der Waals surface area (Å²) in [5.41, 5.74) is 1.40. The summed E-state index contributed by atoms with van der Waals surface area (Å²) in [6.45, 7) is 4.85. The molecule has 0 spiro atoms. The van der Waals surface area contributed by atoms with Crippen molar-refractivity contribution in [2.75, 3.05) is 58.3 Å². The van der Waals surface area contributed by atoms with Gasteiger partial charge in [0.25, 0.3) is 11.5 Å². The van der Waals surface area contributed by atoms with Crippen LogP contribution in [-0.4, -0.2) is 79.7 Å². The van der Waals surface area contributed by atoms with Gasteiger partial charge < -0.3 is 24.0 Å². The fraction of sp³-hybridized carbons (Fsp3) is 0.414. The number of carbonyl (C=O) groups is 2. The maximum atomic E-state index is 13.8. The fourth-order valence-electron chi connectivity index (χ4n) is 4.80. The molecule has 39 heavy (non-hydrogen) atoms. The highest BCUT2D eigenvalue weighted by atomic mass is 35.5. The number of hydrogen-bond donors (Lipinski definition) is 0. The Balaban J connectivity index is 0.00000420. The number of amides is 1. The lowest BCUT2D eigenvalue weighted by Crippen LogP contribution is -2.49. The second-order valence-electron chi connectivity index (χ2n) is 9.51. The Bertz CT molecular complexity index is 1380. The number of aryl methyl sites for hydroxylation is 1. The van der Waals surface area contributed by atoms with Gasteiger partial charge in [-0.25, -0.2) is 4.79 Å². The number of pyridine rings is 1. The van der Waals surface area contributed by atoms with Gasteiger partial charge in [-0.2, -0.15) is 0 Å². The van der Waals surface area contributed by atoms with Gasteiger partial charge in [0.1, 0.15) is 5.56 Å². The van der Waals surface area contributed by atoms with E-state index in [1.807, 2.05) is 25.1 Å². The first-order chi connectivity index (χ1) is 18.2. The van der Waals surface area contributed by atoms with Gasteiger partial charge in [0.2, 0.25) is 0 Å². The summed E-state index contributed by atoms with van der Waals surface area (Å²) in [7, 11) is 3.95. The molecule has 1 aliphatic rings. The van der Waals surface area contributed by atoms with Crippen molar-refractivity contribution in [3.63, 3.8) is 0 Å². The van der Waals surface area contributed by atoms with Crippen LogP contribution in [0.3, 0.4) is 0 Å². The van der Waals surface area contributed by atoms with E-state index in [4.69, 9.17) is 27.9 Å². The lowest BCUT2D eigenvalue weighted by molar-refractivity contribution is 0.0523. The standard InChI is InChI=1S/C28H32Cl2N4O4.CH4/c1-4-38-28(37)24-25(32-14-16-33(17-15-32)26(35)19-6-8-20(29)9-7-19)22-18-21(30)10-11-23(22)34(27(24)36)13-5-12-31(2)3;/h6-11,18H,4-5,12-17H2,1-3H3;1H4. The van der Waals surface area contributed by atoms with Crippen LogP contribution in [0.5, 0.6) is 0 Å². The molecule has 0 aliphatic carbocycles. The molecule has 0 unspecified atom stereocenters. The number of ether oxygens (including phenoxy) is 1. The number of halogens is 2. The van der Waals surface area contributed by atoms with Crippen molar-refractivity contribution in [3.8, 4) is 0 Å². The molecule has 2 heterocycles. The van der Waals surface area contributed by atoms with Crippen molar-refractivity contribution in [2.24, 2.45) is 0 Å². The van der Waals surface area contributed by atoms with E-state index < -0.39 is 5.97 Å². The number of aromatic nitrogens is 1. The average Bonchev–Trinajstić information content (AvgIpc) is 2.89. The van der Waals surface area contributed by atoms with E-state index in [0.717, 1.165) is 13.0 Å². The molecular formula is C29H36Cl2N4O4. The van der Waals surface area contributed by atoms with Crippen molar-refractivity contribution >= 4 is 51.7 Å². The number of anilines is 1. The fourth-order valence-corrected chi connectivity index (χ4v) is 5.10. The highest BCUT2D eigenvalue weighted by molar-refractivity contribution is 6.31. The topological polar surface area (TPSA) is 75.1 Å². The number of hydrogen-bond acceptors (Lipinski definition) is 6. The lowest BCUT2D eigenvalue weighted by Gasteiger charge is -2.37. The first-order valence-corrected chi connectivity index (χ1v) is 13.4. The summed E-state index contributed by atoms with van der Waals surface area (Å²) in [6, 6.07) is 12.2. The summed E-state index contributed by atoms with van der Waals surface area (Å²) in [5, 5.41) is 1.78. The van der Waals surface area contributed by atoms with E-state index in [9.17, 15) is 14.4 Å². The predicted molar refractivity (Wildman–Crippen MR) is 159 cm³/mol. The summed E-state index contributed by atoms with van der Waals surface area (Å²) in [5.74, 6) is -0.744. The number of benzene rings is 2. The number of rotatable bonds is 8. The van der Waals surface area contributed by atoms with Crippen LogP contribution in [0, 0.1) is 0 Å². The molecule has 210 valence electrons. The van der Waals surface area contributed by atoms with Gasteiger partial charge in [-0.1, -0.05) is 30.6 Å². The van der Waals surface area contributed by atoms with Crippen LogP contribution in [0.25, 0.3) is 10.9 Å². The zero-order chi connectivity index (χ0) is 27.4. The highest BCUT2D eigenvalue weighted by Crippen LogP contribution is 2.33. The quantitative estimate of drug-likeness (QED) is 0.351. The molecule has 8 nitrogen and oxygen atoms in total. The van der Waals surface area contributed by atoms with Crippen LogP contribution < -0.4 is 10.5 Å². The number of piperazine rings is 1. The maximum Gasteiger partial charge on any atom is 0.345 e. The van der Waals surface area contributed by atoms with E-state index in [0.29, 0.717) is 64.9 Å². The Kier molecular flexibility index (Phi) is 10.4. The first-order valence-electron chi connectivity index (χ1n) is 12.7. The predicted octanol–water partition coefficient (Wildman–Crippen LogP) is 5.04. The van der Waals surface area contributed by atoms with Gasteiger partial charge >= 0.3 is 5.97 Å². The van der Waals surface area contributed by atoms with Crippen LogP contribution in [-0.2, 0) is 11.3 Å². The maximum absolute atomic E-state index is 13.8. The average molecular weight is 576 g/mol. The van der Waals surface area contributed by atoms with Crippen LogP contribution >= 0.6 is 23.2 Å². The summed E-state index contributed by atoms with van der Waals surface area (Å²) in [4.78, 5) is 45.9. The van der Waals surface area contributed by atoms with Crippen molar-refractivity contribution in [2.45, 2.75) is 27.3 Å². The van der Waals surface area contributed by atoms with Gasteiger partial charge in [0.15, 0.2) is 0 Å². The Hall–Kier alpha value is -3.07. The molecule has 0 saturated carbocycles. The van der Waals surface area contributed by atoms with Crippen molar-refractivity contribution in [1.82, 2.24) is 14.4 Å². The number of esters is 1. The Labute approximate surface area is 239 Å². The van der Waals surface area contributed by atoms with Crippen LogP contribution in [0.2, 0.25) is 10.0 Å². The number of fused-ring (bicyclic) bond motifs is 1. The second-order valence-corrected chi connectivity index (χ2v) is 10.4. The van der Waals surface area contributed by atoms with Gasteiger partial charge in [-0.15, -0.1) is 0 Å². The monoisotopic (exact) mass is 574 g/mol. The van der Waals surface area contributed by atoms with Gasteiger partial charge in [-0.3, -0.25) is 9.59 Å². The normalized spacial score (nSPS) is 13.5. The minimum absolute atomic E-state index is 0. The molecular weight excluding hydrogens is 539 g/mol. The zero-order valence-corrected chi connectivity index (χ0v) is 23.4. The van der Waals surface area contributed by atoms with E-state index >= 15 is 0 Å². The molecule has 0 N–H and O–H groups in total. The number of nitrogens with zero attached hydrogens (tertiary/aromatic N) is 4. The summed E-state index contributed by atoms with van der Waals surface area (Å²) >= 11 is 12.4. The molecule has 3 aromatic rings. The Morgan fingerprint density at radius 3 is 2.23 bits per heavy atom. The molecule has 0 bridgehead atoms. The summed E-state index contributed by atoms with van der Waals surface area (Å²) in [6.07, 6.45) is 0.734. The highest BCUT2D eigenvalue weighted by Gasteiger charge is 2.30. The molecule has 1 amide bonds. The van der Waals surface area contributed by atoms with Crippen molar-refractivity contribution in [3.05, 3.63) is 74.0 Å². The third-order valence-electron chi connectivity index (χ3n) is 6.64. The second kappa shape index (κ2) is 13.3. The molecule has 4 rings (SSSR count). The third kappa shape index (κ3) is 6.75. The van der Waals surface area contributed by atoms with Crippen molar-refractivity contribution in [1.29, 1.82) is 0 Å². The van der Waals surface area contributed by atoms with E-state index in [-0.39, 0.29) is 31.1 Å². The van der Waals surface area contributed by atoms with Gasteiger partial charge in [0, 0.05) is 53.7 Å². The molecule has 1 saturated heterocycles. The van der Waals surface area contributed by atoms with Gasteiger partial charge in [-0.05, 0) is 76.4 Å². The minimum Gasteiger partial charge on any atom is -0.462 e. The molecule has 1 aliphatic heterocycles. The third-order valence-corrected chi connectivity index (χ3v) is 7.13. The largest absolute Gasteiger partial charge is 0.462 e. The summed E-state index contributed by atoms with van der Waals surface area (Å²) < 4.78 is 6.99.